The highest BCUT2D eigenvalue weighted by atomic mass is 35.5. The van der Waals surface area contributed by atoms with Crippen LogP contribution in [0.2, 0.25) is 5.02 Å². The largest absolute Gasteiger partial charge is 0.450 e. The Bertz CT molecular complexity index is 2000. The third-order valence-corrected chi connectivity index (χ3v) is 9.34. The van der Waals surface area contributed by atoms with Gasteiger partial charge in [0.25, 0.3) is 11.8 Å². The van der Waals surface area contributed by atoms with Gasteiger partial charge in [0.1, 0.15) is 11.6 Å². The number of ether oxygens (including phenoxy) is 1. The highest BCUT2D eigenvalue weighted by molar-refractivity contribution is 7.88. The molecule has 1 fully saturated rings. The molecule has 1 aliphatic rings. The molecule has 0 spiro atoms. The molecule has 3 aromatic rings. The molecule has 12 nitrogen and oxygen atoms in total. The average Bonchev–Trinajstić information content (AvgIpc) is 3.48. The van der Waals surface area contributed by atoms with Crippen LogP contribution in [-0.4, -0.2) is 73.9 Å². The maximum Gasteiger partial charge on any atom is 0.450 e. The van der Waals surface area contributed by atoms with Crippen LogP contribution in [0.15, 0.2) is 30.6 Å². The van der Waals surface area contributed by atoms with E-state index < -0.39 is 74.6 Å². The number of alkyl halides is 10. The molecule has 2 aromatic heterocycles. The van der Waals surface area contributed by atoms with Gasteiger partial charge in [-0.1, -0.05) is 24.6 Å². The fourth-order valence-electron chi connectivity index (χ4n) is 4.51. The first-order valence-electron chi connectivity index (χ1n) is 14.0. The summed E-state index contributed by atoms with van der Waals surface area (Å²) in [6.45, 7) is 3.23. The first kappa shape index (κ1) is 39.2. The Morgan fingerprint density at radius 1 is 1.08 bits per heavy atom. The summed E-state index contributed by atoms with van der Waals surface area (Å²) in [5.41, 5.74) is -4.43. The van der Waals surface area contributed by atoms with E-state index in [1.165, 1.54) is 13.0 Å². The second-order valence-electron chi connectivity index (χ2n) is 11.0. The topological polar surface area (TPSA) is 149 Å². The number of hydrogen-bond acceptors (Lipinski definition) is 9. The number of hydrogen-bond donors (Lipinski definition) is 0. The average molecular weight is 783 g/mol. The number of carbonyl (C=O) groups is 2. The van der Waals surface area contributed by atoms with Crippen molar-refractivity contribution in [2.24, 2.45) is 7.05 Å². The predicted molar refractivity (Wildman–Crippen MR) is 151 cm³/mol. The van der Waals surface area contributed by atoms with Gasteiger partial charge >= 0.3 is 39.7 Å². The molecule has 0 bridgehead atoms. The summed E-state index contributed by atoms with van der Waals surface area (Å²) in [4.78, 5) is 27.2. The van der Waals surface area contributed by atoms with E-state index in [0.717, 1.165) is 24.5 Å². The monoisotopic (exact) mass is 782 g/mol. The minimum atomic E-state index is -7.67. The molecule has 1 saturated carbocycles. The van der Waals surface area contributed by atoms with Crippen LogP contribution in [0.5, 0.6) is 5.88 Å². The molecule has 51 heavy (non-hydrogen) atoms. The van der Waals surface area contributed by atoms with E-state index in [9.17, 15) is 67.2 Å². The minimum Gasteiger partial charge on any atom is -0.446 e. The molecule has 1 aliphatic carbocycles. The normalized spacial score (nSPS) is 15.5. The van der Waals surface area contributed by atoms with Gasteiger partial charge in [0, 0.05) is 18.8 Å². The van der Waals surface area contributed by atoms with Crippen LogP contribution < -0.4 is 4.18 Å². The molecule has 0 N–H and O–H groups in total. The fraction of sp³-hybridized carbons (Fsp3) is 0.444. The Kier molecular flexibility index (Phi) is 9.89. The van der Waals surface area contributed by atoms with Crippen LogP contribution in [0.1, 0.15) is 49.0 Å². The molecule has 278 valence electrons. The third-order valence-electron chi connectivity index (χ3n) is 7.48. The molecule has 24 heteroatoms. The van der Waals surface area contributed by atoms with E-state index in [1.807, 2.05) is 6.07 Å². The van der Waals surface area contributed by atoms with Crippen molar-refractivity contribution >= 4 is 33.7 Å². The first-order valence-corrected chi connectivity index (χ1v) is 15.8. The molecule has 1 aromatic carbocycles. The van der Waals surface area contributed by atoms with E-state index in [4.69, 9.17) is 16.3 Å². The molecule has 0 saturated heterocycles. The van der Waals surface area contributed by atoms with Gasteiger partial charge in [-0.2, -0.15) is 58.3 Å². The SMILES string of the molecule is CCC(C)OC(=O)N(C(=O)c1cc(-c2cnn(-c3c(C(F)(F)F)c(OS(=O)(=O)C(F)(C(F)(F)F)C(F)(F)F)nn3C)c2)ccc1Cl)C1(C#N)CC1. The van der Waals surface area contributed by atoms with Crippen LogP contribution in [0.3, 0.4) is 0 Å². The number of aromatic nitrogens is 4. The Labute approximate surface area is 285 Å². The molecule has 4 rings (SSSR count). The van der Waals surface area contributed by atoms with Gasteiger partial charge in [0.15, 0.2) is 11.4 Å². The molecular formula is C27H21ClF10N6O6S. The smallest absolute Gasteiger partial charge is 0.446 e. The van der Waals surface area contributed by atoms with Crippen LogP contribution in [0.4, 0.5) is 48.7 Å². The zero-order chi connectivity index (χ0) is 38.7. The van der Waals surface area contributed by atoms with E-state index in [0.29, 0.717) is 23.1 Å². The third kappa shape index (κ3) is 6.89. The van der Waals surface area contributed by atoms with Gasteiger partial charge in [-0.05, 0) is 43.9 Å². The molecule has 0 radical (unpaired) electrons. The lowest BCUT2D eigenvalue weighted by Crippen LogP contribution is -2.60. The first-order chi connectivity index (χ1) is 23.3. The summed E-state index contributed by atoms with van der Waals surface area (Å²) >= 11 is 6.24. The quantitative estimate of drug-likeness (QED) is 0.167. The lowest BCUT2D eigenvalue weighted by Gasteiger charge is -2.28. The van der Waals surface area contributed by atoms with Crippen LogP contribution in [0.25, 0.3) is 16.9 Å². The van der Waals surface area contributed by atoms with Gasteiger partial charge in [0.05, 0.1) is 22.9 Å². The van der Waals surface area contributed by atoms with Crippen molar-refractivity contribution in [2.75, 3.05) is 0 Å². The van der Waals surface area contributed by atoms with Gasteiger partial charge in [-0.15, -0.1) is 5.10 Å². The van der Waals surface area contributed by atoms with E-state index in [-0.39, 0.29) is 39.2 Å². The van der Waals surface area contributed by atoms with Gasteiger partial charge < -0.3 is 8.92 Å². The number of carbonyl (C=O) groups excluding carboxylic acids is 2. The van der Waals surface area contributed by atoms with Crippen molar-refractivity contribution in [1.29, 1.82) is 5.26 Å². The number of benzene rings is 1. The minimum absolute atomic E-state index is 0.0154. The summed E-state index contributed by atoms with van der Waals surface area (Å²) in [6, 6.07) is 5.36. The zero-order valence-electron chi connectivity index (χ0n) is 25.8. The number of nitrogens with zero attached hydrogens (tertiary/aromatic N) is 6. The molecular weight excluding hydrogens is 762 g/mol. The van der Waals surface area contributed by atoms with E-state index >= 15 is 0 Å². The molecule has 2 heterocycles. The van der Waals surface area contributed by atoms with Crippen LogP contribution in [0, 0.1) is 11.3 Å². The lowest BCUT2D eigenvalue weighted by atomic mass is 10.0. The number of rotatable bonds is 9. The Balaban J connectivity index is 1.78. The maximum atomic E-state index is 14.3. The lowest BCUT2D eigenvalue weighted by molar-refractivity contribution is -0.307. The number of nitriles is 1. The van der Waals surface area contributed by atoms with Crippen molar-refractivity contribution in [3.05, 3.63) is 46.7 Å². The molecule has 1 unspecified atom stereocenters. The van der Waals surface area contributed by atoms with Crippen molar-refractivity contribution in [1.82, 2.24) is 24.5 Å². The van der Waals surface area contributed by atoms with Crippen LogP contribution in [-0.2, 0) is 28.1 Å². The number of halogens is 11. The maximum absolute atomic E-state index is 14.3. The van der Waals surface area contributed by atoms with Gasteiger partial charge in [-0.3, -0.25) is 4.79 Å². The van der Waals surface area contributed by atoms with E-state index in [1.54, 1.807) is 6.92 Å². The van der Waals surface area contributed by atoms with Crippen molar-refractivity contribution < 1.29 is 70.8 Å². The number of aryl methyl sites for hydroxylation is 1. The Hall–Kier alpha value is -4.59. The van der Waals surface area contributed by atoms with Crippen molar-refractivity contribution in [2.45, 2.75) is 68.3 Å². The van der Waals surface area contributed by atoms with E-state index in [2.05, 4.69) is 14.4 Å². The summed E-state index contributed by atoms with van der Waals surface area (Å²) < 4.78 is 169. The second kappa shape index (κ2) is 12.9. The van der Waals surface area contributed by atoms with Crippen LogP contribution >= 0.6 is 11.6 Å². The van der Waals surface area contributed by atoms with Gasteiger partial charge in [0.2, 0.25) is 0 Å². The fourth-order valence-corrected chi connectivity index (χ4v) is 5.71. The number of imide groups is 1. The second-order valence-corrected chi connectivity index (χ2v) is 13.1. The zero-order valence-corrected chi connectivity index (χ0v) is 27.4. The number of amides is 2. The standard InChI is InChI=1S/C27H21ClF10N6O6S/c1-4-13(2)49-22(46)44(23(12-39)7-8-23)21(45)16-9-14(5-6-17(16)28)15-10-40-43(11-15)20-18(24(29,30)31)19(41-42(20)3)50-51(47,48)25(32,26(33,34)35)27(36,37)38/h5-6,9-11,13H,4,7-8H2,1-3H3. The predicted octanol–water partition coefficient (Wildman–Crippen LogP) is 6.88. The highest BCUT2D eigenvalue weighted by Gasteiger charge is 2.82. The van der Waals surface area contributed by atoms with Crippen molar-refractivity contribution in [3.8, 4) is 28.9 Å². The molecule has 0 aliphatic heterocycles. The Morgan fingerprint density at radius 2 is 1.67 bits per heavy atom. The molecule has 1 atom stereocenters. The summed E-state index contributed by atoms with van der Waals surface area (Å²) in [5.74, 6) is -4.79. The van der Waals surface area contributed by atoms with Crippen molar-refractivity contribution in [3.63, 3.8) is 0 Å². The molecule has 2 amide bonds. The summed E-state index contributed by atoms with van der Waals surface area (Å²) in [7, 11) is -7.02. The Morgan fingerprint density at radius 3 is 2.16 bits per heavy atom. The summed E-state index contributed by atoms with van der Waals surface area (Å²) in [6.07, 6.45) is -19.9. The highest BCUT2D eigenvalue weighted by Crippen LogP contribution is 2.51. The van der Waals surface area contributed by atoms with Gasteiger partial charge in [-0.25, -0.2) is 23.4 Å². The summed E-state index contributed by atoms with van der Waals surface area (Å²) in [5, 5.41) is 8.92.